The molecule has 2 atom stereocenters. The van der Waals surface area contributed by atoms with Crippen molar-refractivity contribution in [1.29, 1.82) is 0 Å². The van der Waals surface area contributed by atoms with E-state index in [1.54, 1.807) is 11.8 Å². The Morgan fingerprint density at radius 2 is 2.00 bits per heavy atom. The summed E-state index contributed by atoms with van der Waals surface area (Å²) in [6, 6.07) is -0.767. The van der Waals surface area contributed by atoms with Gasteiger partial charge in [0, 0.05) is 5.75 Å². The van der Waals surface area contributed by atoms with E-state index < -0.39 is 0 Å². The maximum Gasteiger partial charge on any atom is 0.166 e. The molecule has 0 aromatic heterocycles. The van der Waals surface area contributed by atoms with Gasteiger partial charge in [0.1, 0.15) is 0 Å². The number of carbonyl (C=O) groups excluding carboxylic acids is 1. The Bertz CT molecular complexity index is 130. The Labute approximate surface area is 71.9 Å². The Morgan fingerprint density at radius 3 is 2.36 bits per heavy atom. The van der Waals surface area contributed by atoms with Crippen molar-refractivity contribution >= 4 is 17.5 Å². The van der Waals surface area contributed by atoms with Crippen LogP contribution in [0.3, 0.4) is 0 Å². The smallest absolute Gasteiger partial charge is 0.166 e. The number of carbonyl (C=O) groups is 1. The van der Waals surface area contributed by atoms with Crippen LogP contribution in [0.1, 0.15) is 13.3 Å². The van der Waals surface area contributed by atoms with Crippen LogP contribution in [-0.4, -0.2) is 29.9 Å². The molecule has 11 heavy (non-hydrogen) atoms. The van der Waals surface area contributed by atoms with E-state index in [-0.39, 0.29) is 17.9 Å². The number of hydrogen-bond acceptors (Lipinski definition) is 4. The van der Waals surface area contributed by atoms with Gasteiger partial charge in [-0.15, -0.1) is 0 Å². The number of ketones is 1. The molecule has 0 saturated carbocycles. The molecule has 0 bridgehead atoms. The van der Waals surface area contributed by atoms with Gasteiger partial charge in [-0.25, -0.2) is 0 Å². The summed E-state index contributed by atoms with van der Waals surface area (Å²) in [4.78, 5) is 11.2. The van der Waals surface area contributed by atoms with E-state index in [1.807, 2.05) is 13.2 Å². The number of thioether (sulfide) groups is 1. The Kier molecular flexibility index (Phi) is 5.54. The van der Waals surface area contributed by atoms with E-state index >= 15 is 0 Å². The molecule has 0 aliphatic heterocycles. The van der Waals surface area contributed by atoms with Gasteiger partial charge in [-0.2, -0.15) is 11.8 Å². The highest BCUT2D eigenvalue weighted by Gasteiger charge is 2.18. The van der Waals surface area contributed by atoms with Crippen molar-refractivity contribution in [2.45, 2.75) is 25.4 Å². The van der Waals surface area contributed by atoms with E-state index in [9.17, 15) is 4.79 Å². The van der Waals surface area contributed by atoms with Crippen molar-refractivity contribution in [3.63, 3.8) is 0 Å². The van der Waals surface area contributed by atoms with Crippen LogP contribution in [0, 0.1) is 0 Å². The molecule has 3 nitrogen and oxygen atoms in total. The van der Waals surface area contributed by atoms with Gasteiger partial charge >= 0.3 is 0 Å². The van der Waals surface area contributed by atoms with Crippen LogP contribution < -0.4 is 11.5 Å². The monoisotopic (exact) mass is 176 g/mol. The topological polar surface area (TPSA) is 69.1 Å². The van der Waals surface area contributed by atoms with Gasteiger partial charge in [0.05, 0.1) is 12.1 Å². The largest absolute Gasteiger partial charge is 0.321 e. The van der Waals surface area contributed by atoms with Crippen LogP contribution in [0.15, 0.2) is 0 Å². The minimum atomic E-state index is -0.389. The second kappa shape index (κ2) is 5.57. The summed E-state index contributed by atoms with van der Waals surface area (Å²) in [5, 5.41) is 0. The summed E-state index contributed by atoms with van der Waals surface area (Å²) in [7, 11) is 0. The lowest BCUT2D eigenvalue weighted by atomic mass is 10.1. The molecular weight excluding hydrogens is 160 g/mol. The fraction of sp³-hybridized carbons (Fsp3) is 0.857. The normalized spacial score (nSPS) is 16.0. The Hall–Kier alpha value is -0.0600. The standard InChI is InChI=1S/C7H16N2OS/c1-3-5(8)7(10)6(9)4-11-2/h5-6H,3-4,8-9H2,1-2H3. The van der Waals surface area contributed by atoms with E-state index in [0.29, 0.717) is 12.2 Å². The lowest BCUT2D eigenvalue weighted by Crippen LogP contribution is -2.44. The first-order valence-electron chi connectivity index (χ1n) is 3.67. The average molecular weight is 176 g/mol. The molecule has 2 unspecified atom stereocenters. The van der Waals surface area contributed by atoms with E-state index in [2.05, 4.69) is 0 Å². The van der Waals surface area contributed by atoms with Gasteiger partial charge in [-0.05, 0) is 12.7 Å². The molecule has 0 aromatic carbocycles. The van der Waals surface area contributed by atoms with Crippen LogP contribution in [-0.2, 0) is 4.79 Å². The molecule has 0 rings (SSSR count). The van der Waals surface area contributed by atoms with E-state index in [4.69, 9.17) is 11.5 Å². The Balaban J connectivity index is 3.81. The van der Waals surface area contributed by atoms with Gasteiger partial charge in [0.15, 0.2) is 5.78 Å². The highest BCUT2D eigenvalue weighted by atomic mass is 32.2. The summed E-state index contributed by atoms with van der Waals surface area (Å²) < 4.78 is 0. The first kappa shape index (κ1) is 10.9. The van der Waals surface area contributed by atoms with Gasteiger partial charge < -0.3 is 11.5 Å². The molecule has 0 aliphatic rings. The summed E-state index contributed by atoms with van der Waals surface area (Å²) in [6.07, 6.45) is 2.59. The summed E-state index contributed by atoms with van der Waals surface area (Å²) >= 11 is 1.56. The highest BCUT2D eigenvalue weighted by molar-refractivity contribution is 7.98. The number of rotatable bonds is 5. The predicted octanol–water partition coefficient (Wildman–Crippen LogP) is -0.0169. The fourth-order valence-corrected chi connectivity index (χ4v) is 1.26. The van der Waals surface area contributed by atoms with Crippen molar-refractivity contribution in [1.82, 2.24) is 0 Å². The summed E-state index contributed by atoms with van der Waals surface area (Å²) in [5.41, 5.74) is 11.1. The molecule has 0 saturated heterocycles. The van der Waals surface area contributed by atoms with E-state index in [1.165, 1.54) is 0 Å². The lowest BCUT2D eigenvalue weighted by Gasteiger charge is -2.13. The highest BCUT2D eigenvalue weighted by Crippen LogP contribution is 1.99. The minimum absolute atomic E-state index is 0.0261. The van der Waals surface area contributed by atoms with Crippen LogP contribution in [0.25, 0.3) is 0 Å². The molecule has 0 radical (unpaired) electrons. The molecule has 0 aliphatic carbocycles. The van der Waals surface area contributed by atoms with Gasteiger partial charge in [-0.3, -0.25) is 4.79 Å². The third-order valence-corrected chi connectivity index (χ3v) is 2.21. The first-order chi connectivity index (χ1) is 5.13. The predicted molar refractivity (Wildman–Crippen MR) is 49.6 cm³/mol. The molecule has 0 amide bonds. The molecule has 0 fully saturated rings. The van der Waals surface area contributed by atoms with Crippen LogP contribution in [0.2, 0.25) is 0 Å². The number of nitrogens with two attached hydrogens (primary N) is 2. The zero-order valence-electron chi connectivity index (χ0n) is 7.04. The first-order valence-corrected chi connectivity index (χ1v) is 5.06. The molecular formula is C7H16N2OS. The average Bonchev–Trinajstić information content (AvgIpc) is 2.02. The second-order valence-electron chi connectivity index (χ2n) is 2.48. The molecule has 0 aromatic rings. The molecule has 0 heterocycles. The van der Waals surface area contributed by atoms with Gasteiger partial charge in [-0.1, -0.05) is 6.92 Å². The summed E-state index contributed by atoms with van der Waals surface area (Å²) in [6.45, 7) is 1.88. The zero-order chi connectivity index (χ0) is 8.85. The summed E-state index contributed by atoms with van der Waals surface area (Å²) in [5.74, 6) is 0.633. The van der Waals surface area contributed by atoms with Crippen molar-refractivity contribution in [2.75, 3.05) is 12.0 Å². The molecule has 66 valence electrons. The van der Waals surface area contributed by atoms with Gasteiger partial charge in [0.25, 0.3) is 0 Å². The van der Waals surface area contributed by atoms with E-state index in [0.717, 1.165) is 0 Å². The number of hydrogen-bond donors (Lipinski definition) is 2. The third-order valence-electron chi connectivity index (χ3n) is 1.52. The quantitative estimate of drug-likeness (QED) is 0.618. The fourth-order valence-electron chi connectivity index (χ4n) is 0.738. The van der Waals surface area contributed by atoms with Crippen LogP contribution in [0.5, 0.6) is 0 Å². The second-order valence-corrected chi connectivity index (χ2v) is 3.39. The third kappa shape index (κ3) is 3.74. The molecule has 0 spiro atoms. The number of Topliss-reactive ketones (excluding diaryl/α,β-unsaturated/α-hetero) is 1. The minimum Gasteiger partial charge on any atom is -0.321 e. The lowest BCUT2D eigenvalue weighted by molar-refractivity contribution is -0.121. The van der Waals surface area contributed by atoms with Crippen molar-refractivity contribution in [3.8, 4) is 0 Å². The van der Waals surface area contributed by atoms with Gasteiger partial charge in [0.2, 0.25) is 0 Å². The van der Waals surface area contributed by atoms with Crippen LogP contribution >= 0.6 is 11.8 Å². The molecule has 4 N–H and O–H groups in total. The van der Waals surface area contributed by atoms with Crippen LogP contribution in [0.4, 0.5) is 0 Å². The zero-order valence-corrected chi connectivity index (χ0v) is 7.86. The maximum atomic E-state index is 11.2. The van der Waals surface area contributed by atoms with Crippen molar-refractivity contribution in [2.24, 2.45) is 11.5 Å². The SMILES string of the molecule is CCC(N)C(=O)C(N)CSC. The maximum absolute atomic E-state index is 11.2. The molecule has 4 heteroatoms. The Morgan fingerprint density at radius 1 is 1.45 bits per heavy atom. The van der Waals surface area contributed by atoms with Crippen molar-refractivity contribution < 1.29 is 4.79 Å². The van der Waals surface area contributed by atoms with Crippen molar-refractivity contribution in [3.05, 3.63) is 0 Å².